The molecular formula is C29H32N2O6. The molecule has 1 atom stereocenters. The maximum atomic E-state index is 13.4. The van der Waals surface area contributed by atoms with Gasteiger partial charge >= 0.3 is 0 Å². The number of para-hydroxylation sites is 2. The van der Waals surface area contributed by atoms with Gasteiger partial charge in [-0.1, -0.05) is 12.1 Å². The number of fused-ring (bicyclic) bond motifs is 4. The highest BCUT2D eigenvalue weighted by atomic mass is 16.7. The molecule has 37 heavy (non-hydrogen) atoms. The molecule has 3 aliphatic heterocycles. The van der Waals surface area contributed by atoms with Crippen molar-refractivity contribution in [2.75, 3.05) is 33.4 Å². The highest BCUT2D eigenvalue weighted by Crippen LogP contribution is 2.45. The third kappa shape index (κ3) is 4.34. The number of hydrogen-bond donors (Lipinski definition) is 0. The molecule has 6 rings (SSSR count). The lowest BCUT2D eigenvalue weighted by atomic mass is 9.86. The van der Waals surface area contributed by atoms with Gasteiger partial charge in [-0.05, 0) is 56.3 Å². The molecule has 1 aromatic heterocycles. The van der Waals surface area contributed by atoms with E-state index in [0.29, 0.717) is 43.4 Å². The van der Waals surface area contributed by atoms with Gasteiger partial charge in [0, 0.05) is 37.7 Å². The summed E-state index contributed by atoms with van der Waals surface area (Å²) < 4.78 is 31.7. The topological polar surface area (TPSA) is 71.4 Å². The minimum absolute atomic E-state index is 0.0273. The van der Waals surface area contributed by atoms with E-state index in [1.54, 1.807) is 25.3 Å². The lowest BCUT2D eigenvalue weighted by Gasteiger charge is -2.45. The molecule has 1 amide bonds. The van der Waals surface area contributed by atoms with Crippen LogP contribution in [-0.2, 0) is 15.1 Å². The number of amides is 1. The van der Waals surface area contributed by atoms with Gasteiger partial charge in [0.2, 0.25) is 0 Å². The summed E-state index contributed by atoms with van der Waals surface area (Å²) in [4.78, 5) is 15.3. The number of carbonyl (C=O) groups is 1. The fourth-order valence-corrected chi connectivity index (χ4v) is 5.53. The molecule has 4 heterocycles. The van der Waals surface area contributed by atoms with Crippen LogP contribution in [-0.4, -0.2) is 60.7 Å². The molecule has 1 spiro atoms. The van der Waals surface area contributed by atoms with Crippen LogP contribution in [0.3, 0.4) is 0 Å². The number of aromatic nitrogens is 1. The lowest BCUT2D eigenvalue weighted by Crippen LogP contribution is -2.50. The predicted molar refractivity (Wildman–Crippen MR) is 137 cm³/mol. The minimum Gasteiger partial charge on any atom is -0.493 e. The van der Waals surface area contributed by atoms with Crippen LogP contribution in [0.15, 0.2) is 60.8 Å². The van der Waals surface area contributed by atoms with Crippen LogP contribution in [0.5, 0.6) is 17.2 Å². The van der Waals surface area contributed by atoms with E-state index in [1.807, 2.05) is 36.9 Å². The Labute approximate surface area is 216 Å². The minimum atomic E-state index is -0.601. The van der Waals surface area contributed by atoms with Crippen molar-refractivity contribution in [1.29, 1.82) is 0 Å². The zero-order valence-corrected chi connectivity index (χ0v) is 21.4. The third-order valence-corrected chi connectivity index (χ3v) is 7.41. The first-order valence-corrected chi connectivity index (χ1v) is 12.8. The number of likely N-dealkylation sites (tertiary alicyclic amines) is 1. The van der Waals surface area contributed by atoms with Crippen molar-refractivity contribution in [3.8, 4) is 22.9 Å². The van der Waals surface area contributed by atoms with E-state index in [2.05, 4.69) is 29.0 Å². The van der Waals surface area contributed by atoms with Crippen molar-refractivity contribution in [2.45, 2.75) is 44.2 Å². The highest BCUT2D eigenvalue weighted by Gasteiger charge is 2.44. The van der Waals surface area contributed by atoms with Crippen molar-refractivity contribution < 1.29 is 28.5 Å². The molecule has 0 saturated carbocycles. The molecule has 0 radical (unpaired) electrons. The first-order valence-electron chi connectivity index (χ1n) is 12.8. The van der Waals surface area contributed by atoms with E-state index in [-0.39, 0.29) is 12.0 Å². The average molecular weight is 505 g/mol. The number of benzene rings is 2. The lowest BCUT2D eigenvalue weighted by molar-refractivity contribution is -0.141. The molecule has 8 heteroatoms. The standard InChI is InChI=1S/C29H32N2O6/c1-28(2)35-19-21(36-28)18-34-24-11-10-20(17-25(24)33-3)27(32)30-15-12-29(13-16-30)26-9-6-14-31(26)22-7-4-5-8-23(22)37-29/h4-11,14,17,21H,12-13,15-16,18-19H2,1-3H3/t21-/m1/s1. The molecule has 8 nitrogen and oxygen atoms in total. The smallest absolute Gasteiger partial charge is 0.253 e. The van der Waals surface area contributed by atoms with Gasteiger partial charge < -0.3 is 33.2 Å². The van der Waals surface area contributed by atoms with Crippen LogP contribution in [0.2, 0.25) is 0 Å². The van der Waals surface area contributed by atoms with E-state index < -0.39 is 11.4 Å². The molecule has 0 bridgehead atoms. The maximum absolute atomic E-state index is 13.4. The van der Waals surface area contributed by atoms with E-state index >= 15 is 0 Å². The Bertz CT molecular complexity index is 1310. The van der Waals surface area contributed by atoms with E-state index in [4.69, 9.17) is 23.7 Å². The maximum Gasteiger partial charge on any atom is 0.253 e. The van der Waals surface area contributed by atoms with E-state index in [0.717, 1.165) is 30.0 Å². The quantitative estimate of drug-likeness (QED) is 0.508. The fraction of sp³-hybridized carbons (Fsp3) is 0.414. The second kappa shape index (κ2) is 9.11. The molecule has 2 aromatic carbocycles. The van der Waals surface area contributed by atoms with Gasteiger partial charge in [0.25, 0.3) is 5.91 Å². The van der Waals surface area contributed by atoms with E-state index in [1.165, 1.54) is 0 Å². The molecule has 194 valence electrons. The summed E-state index contributed by atoms with van der Waals surface area (Å²) in [6, 6.07) is 17.6. The Hall–Kier alpha value is -3.49. The molecule has 2 fully saturated rings. The second-order valence-corrected chi connectivity index (χ2v) is 10.2. The van der Waals surface area contributed by atoms with Crippen LogP contribution in [0.4, 0.5) is 0 Å². The molecule has 0 aliphatic carbocycles. The molecule has 0 unspecified atom stereocenters. The average Bonchev–Trinajstić information content (AvgIpc) is 3.55. The fourth-order valence-electron chi connectivity index (χ4n) is 5.53. The van der Waals surface area contributed by atoms with Crippen LogP contribution < -0.4 is 14.2 Å². The Balaban J connectivity index is 1.13. The molecule has 0 N–H and O–H groups in total. The second-order valence-electron chi connectivity index (χ2n) is 10.2. The molecule has 3 aliphatic rings. The largest absolute Gasteiger partial charge is 0.493 e. The number of ether oxygens (including phenoxy) is 5. The monoisotopic (exact) mass is 504 g/mol. The van der Waals surface area contributed by atoms with Crippen LogP contribution in [0.25, 0.3) is 5.69 Å². The van der Waals surface area contributed by atoms with Crippen LogP contribution in [0, 0.1) is 0 Å². The number of rotatable bonds is 5. The van der Waals surface area contributed by atoms with Gasteiger partial charge in [0.05, 0.1) is 25.1 Å². The number of nitrogens with zero attached hydrogens (tertiary/aromatic N) is 2. The molecule has 2 saturated heterocycles. The Morgan fingerprint density at radius 2 is 1.86 bits per heavy atom. The summed E-state index contributed by atoms with van der Waals surface area (Å²) in [6.07, 6.45) is 3.36. The summed E-state index contributed by atoms with van der Waals surface area (Å²) in [5.41, 5.74) is 2.32. The SMILES string of the molecule is COc1cc(C(=O)N2CCC3(CC2)Oc2ccccc2-n2cccc23)ccc1OC[C@@H]1COC(C)(C)O1. The number of carbonyl (C=O) groups excluding carboxylic acids is 1. The number of hydrogen-bond acceptors (Lipinski definition) is 6. The summed E-state index contributed by atoms with van der Waals surface area (Å²) in [6.45, 7) is 5.78. The summed E-state index contributed by atoms with van der Waals surface area (Å²) in [7, 11) is 1.58. The summed E-state index contributed by atoms with van der Waals surface area (Å²) >= 11 is 0. The first kappa shape index (κ1) is 23.9. The van der Waals surface area contributed by atoms with Gasteiger partial charge in [-0.3, -0.25) is 4.79 Å². The van der Waals surface area contributed by atoms with Crippen LogP contribution >= 0.6 is 0 Å². The molecular weight excluding hydrogens is 472 g/mol. The van der Waals surface area contributed by atoms with Crippen molar-refractivity contribution in [3.05, 3.63) is 72.1 Å². The van der Waals surface area contributed by atoms with Gasteiger partial charge in [0.1, 0.15) is 18.5 Å². The Morgan fingerprint density at radius 3 is 2.62 bits per heavy atom. The van der Waals surface area contributed by atoms with Gasteiger partial charge in [-0.15, -0.1) is 0 Å². The normalized spacial score (nSPS) is 21.2. The van der Waals surface area contributed by atoms with Crippen LogP contribution in [0.1, 0.15) is 42.7 Å². The van der Waals surface area contributed by atoms with Gasteiger partial charge in [0.15, 0.2) is 22.9 Å². The van der Waals surface area contributed by atoms with Crippen molar-refractivity contribution in [2.24, 2.45) is 0 Å². The van der Waals surface area contributed by atoms with Crippen molar-refractivity contribution >= 4 is 5.91 Å². The summed E-state index contributed by atoms with van der Waals surface area (Å²) in [5, 5.41) is 0. The molecule has 3 aromatic rings. The first-order chi connectivity index (χ1) is 17.9. The zero-order valence-electron chi connectivity index (χ0n) is 21.4. The predicted octanol–water partition coefficient (Wildman–Crippen LogP) is 4.54. The Morgan fingerprint density at radius 1 is 1.05 bits per heavy atom. The van der Waals surface area contributed by atoms with Crippen molar-refractivity contribution in [1.82, 2.24) is 9.47 Å². The van der Waals surface area contributed by atoms with Crippen molar-refractivity contribution in [3.63, 3.8) is 0 Å². The zero-order chi connectivity index (χ0) is 25.6. The van der Waals surface area contributed by atoms with E-state index in [9.17, 15) is 4.79 Å². The Kier molecular flexibility index (Phi) is 5.88. The third-order valence-electron chi connectivity index (χ3n) is 7.41. The summed E-state index contributed by atoms with van der Waals surface area (Å²) in [5.74, 6) is 1.34. The number of methoxy groups -OCH3 is 1. The number of piperidine rings is 1. The van der Waals surface area contributed by atoms with Gasteiger partial charge in [-0.25, -0.2) is 0 Å². The highest BCUT2D eigenvalue weighted by molar-refractivity contribution is 5.95. The van der Waals surface area contributed by atoms with Gasteiger partial charge in [-0.2, -0.15) is 0 Å².